The van der Waals surface area contributed by atoms with Crippen LogP contribution in [0.25, 0.3) is 0 Å². The average molecular weight is 289 g/mol. The second-order valence-electron chi connectivity index (χ2n) is 4.46. The number of anilines is 1. The molecule has 2 rings (SSSR count). The first kappa shape index (κ1) is 14.6. The van der Waals surface area contributed by atoms with Crippen molar-refractivity contribution in [3.8, 4) is 5.75 Å². The highest BCUT2D eigenvalue weighted by Crippen LogP contribution is 2.16. The van der Waals surface area contributed by atoms with Crippen LogP contribution in [0.5, 0.6) is 5.75 Å². The smallest absolute Gasteiger partial charge is 0.341 e. The first-order chi connectivity index (χ1) is 9.95. The van der Waals surface area contributed by atoms with Crippen LogP contribution in [-0.2, 0) is 11.8 Å². The lowest BCUT2D eigenvalue weighted by Crippen LogP contribution is -2.16. The number of hydrogen-bond donors (Lipinski definition) is 2. The van der Waals surface area contributed by atoms with Crippen LogP contribution in [0, 0.1) is 6.92 Å². The summed E-state index contributed by atoms with van der Waals surface area (Å²) in [6, 6.07) is 8.15. The van der Waals surface area contributed by atoms with Gasteiger partial charge >= 0.3 is 5.97 Å². The first-order valence-electron chi connectivity index (χ1n) is 6.22. The van der Waals surface area contributed by atoms with Crippen LogP contribution in [0.3, 0.4) is 0 Å². The van der Waals surface area contributed by atoms with Crippen LogP contribution < -0.4 is 10.1 Å². The molecule has 7 nitrogen and oxygen atoms in total. The van der Waals surface area contributed by atoms with E-state index < -0.39 is 12.6 Å². The Morgan fingerprint density at radius 1 is 1.33 bits per heavy atom. The number of rotatable bonds is 5. The number of carboxylic acid groups (broad SMARTS) is 1. The third kappa shape index (κ3) is 3.82. The van der Waals surface area contributed by atoms with Crippen LogP contribution >= 0.6 is 0 Å². The Morgan fingerprint density at radius 3 is 2.52 bits per heavy atom. The summed E-state index contributed by atoms with van der Waals surface area (Å²) in [5, 5.41) is 15.4. The number of benzene rings is 1. The van der Waals surface area contributed by atoms with E-state index in [0.29, 0.717) is 17.1 Å². The van der Waals surface area contributed by atoms with Gasteiger partial charge in [0.05, 0.1) is 5.69 Å². The summed E-state index contributed by atoms with van der Waals surface area (Å²) in [6.07, 6.45) is 0. The van der Waals surface area contributed by atoms with Crippen molar-refractivity contribution in [2.24, 2.45) is 7.05 Å². The Hall–Kier alpha value is -2.83. The maximum atomic E-state index is 12.1. The van der Waals surface area contributed by atoms with Gasteiger partial charge in [0.1, 0.15) is 11.4 Å². The predicted octanol–water partition coefficient (Wildman–Crippen LogP) is 1.44. The highest BCUT2D eigenvalue weighted by atomic mass is 16.5. The lowest BCUT2D eigenvalue weighted by Gasteiger charge is -2.07. The van der Waals surface area contributed by atoms with Crippen molar-refractivity contribution in [1.82, 2.24) is 9.78 Å². The summed E-state index contributed by atoms with van der Waals surface area (Å²) in [7, 11) is 1.70. The standard InChI is InChI=1S/C14H15N3O4/c1-9-7-12(17(2)16-9)14(20)15-10-3-5-11(6-4-10)21-8-13(18)19/h3-7H,8H2,1-2H3,(H,15,20)(H,18,19). The second kappa shape index (κ2) is 6.08. The summed E-state index contributed by atoms with van der Waals surface area (Å²) in [5.41, 5.74) is 1.81. The van der Waals surface area contributed by atoms with E-state index in [1.54, 1.807) is 37.4 Å². The molecule has 0 aliphatic rings. The number of carbonyl (C=O) groups is 2. The summed E-state index contributed by atoms with van der Waals surface area (Å²) >= 11 is 0. The van der Waals surface area contributed by atoms with Gasteiger partial charge in [-0.1, -0.05) is 0 Å². The largest absolute Gasteiger partial charge is 0.482 e. The lowest BCUT2D eigenvalue weighted by atomic mass is 10.3. The molecule has 2 aromatic rings. The molecule has 0 bridgehead atoms. The summed E-state index contributed by atoms with van der Waals surface area (Å²) in [4.78, 5) is 22.5. The molecule has 1 heterocycles. The zero-order chi connectivity index (χ0) is 15.4. The molecule has 0 atom stereocenters. The van der Waals surface area contributed by atoms with Crippen molar-refractivity contribution in [3.63, 3.8) is 0 Å². The number of aliphatic carboxylic acids is 1. The molecule has 0 spiro atoms. The van der Waals surface area contributed by atoms with E-state index in [2.05, 4.69) is 10.4 Å². The summed E-state index contributed by atoms with van der Waals surface area (Å²) in [5.74, 6) is -0.886. The molecule has 1 amide bonds. The van der Waals surface area contributed by atoms with E-state index in [0.717, 1.165) is 5.69 Å². The molecule has 0 aliphatic carbocycles. The topological polar surface area (TPSA) is 93.5 Å². The molecule has 21 heavy (non-hydrogen) atoms. The van der Waals surface area contributed by atoms with E-state index in [-0.39, 0.29) is 5.91 Å². The van der Waals surface area contributed by atoms with Crippen molar-refractivity contribution in [2.75, 3.05) is 11.9 Å². The minimum atomic E-state index is -1.04. The zero-order valence-electron chi connectivity index (χ0n) is 11.7. The number of nitrogens with one attached hydrogen (secondary N) is 1. The molecule has 110 valence electrons. The molecule has 0 saturated carbocycles. The maximum absolute atomic E-state index is 12.1. The van der Waals surface area contributed by atoms with Crippen LogP contribution in [0.1, 0.15) is 16.2 Å². The van der Waals surface area contributed by atoms with Gasteiger partial charge in [0.15, 0.2) is 6.61 Å². The number of aromatic nitrogens is 2. The number of hydrogen-bond acceptors (Lipinski definition) is 4. The van der Waals surface area contributed by atoms with Gasteiger partial charge in [-0.2, -0.15) is 5.10 Å². The van der Waals surface area contributed by atoms with Gasteiger partial charge < -0.3 is 15.2 Å². The second-order valence-corrected chi connectivity index (χ2v) is 4.46. The molecule has 0 fully saturated rings. The minimum absolute atomic E-state index is 0.266. The van der Waals surface area contributed by atoms with Gasteiger partial charge in [0.2, 0.25) is 0 Å². The highest BCUT2D eigenvalue weighted by Gasteiger charge is 2.11. The van der Waals surface area contributed by atoms with Gasteiger partial charge in [0.25, 0.3) is 5.91 Å². The molecule has 7 heteroatoms. The molecule has 1 aromatic carbocycles. The van der Waals surface area contributed by atoms with Crippen LogP contribution in [0.4, 0.5) is 5.69 Å². The number of ether oxygens (including phenoxy) is 1. The van der Waals surface area contributed by atoms with Crippen molar-refractivity contribution in [1.29, 1.82) is 0 Å². The van der Waals surface area contributed by atoms with E-state index in [9.17, 15) is 9.59 Å². The first-order valence-corrected chi connectivity index (χ1v) is 6.22. The summed E-state index contributed by atoms with van der Waals surface area (Å²) in [6.45, 7) is 1.41. The predicted molar refractivity (Wildman–Crippen MR) is 75.5 cm³/mol. The number of aryl methyl sites for hydroxylation is 2. The van der Waals surface area contributed by atoms with Crippen LogP contribution in [-0.4, -0.2) is 33.4 Å². The fourth-order valence-corrected chi connectivity index (χ4v) is 1.80. The monoisotopic (exact) mass is 289 g/mol. The van der Waals surface area contributed by atoms with Gasteiger partial charge in [-0.15, -0.1) is 0 Å². The number of carboxylic acids is 1. The molecular weight excluding hydrogens is 274 g/mol. The number of carbonyl (C=O) groups excluding carboxylic acids is 1. The molecule has 0 aliphatic heterocycles. The molecule has 2 N–H and O–H groups in total. The summed E-state index contributed by atoms with van der Waals surface area (Å²) < 4.78 is 6.52. The Balaban J connectivity index is 2.01. The van der Waals surface area contributed by atoms with Crippen molar-refractivity contribution >= 4 is 17.6 Å². The normalized spacial score (nSPS) is 10.2. The van der Waals surface area contributed by atoms with Crippen LogP contribution in [0.2, 0.25) is 0 Å². The fourth-order valence-electron chi connectivity index (χ4n) is 1.80. The Bertz CT molecular complexity index is 661. The number of nitrogens with zero attached hydrogens (tertiary/aromatic N) is 2. The quantitative estimate of drug-likeness (QED) is 0.868. The third-order valence-corrected chi connectivity index (χ3v) is 2.71. The van der Waals surface area contributed by atoms with E-state index in [4.69, 9.17) is 9.84 Å². The number of amides is 1. The van der Waals surface area contributed by atoms with Gasteiger partial charge in [-0.25, -0.2) is 4.79 Å². The van der Waals surface area contributed by atoms with E-state index in [1.807, 2.05) is 6.92 Å². The van der Waals surface area contributed by atoms with E-state index >= 15 is 0 Å². The molecule has 0 saturated heterocycles. The highest BCUT2D eigenvalue weighted by molar-refractivity contribution is 6.03. The fraction of sp³-hybridized carbons (Fsp3) is 0.214. The van der Waals surface area contributed by atoms with E-state index in [1.165, 1.54) is 4.68 Å². The van der Waals surface area contributed by atoms with Gasteiger partial charge in [-0.3, -0.25) is 9.48 Å². The van der Waals surface area contributed by atoms with Crippen molar-refractivity contribution in [2.45, 2.75) is 6.92 Å². The average Bonchev–Trinajstić information content (AvgIpc) is 2.77. The lowest BCUT2D eigenvalue weighted by molar-refractivity contribution is -0.139. The van der Waals surface area contributed by atoms with Crippen LogP contribution in [0.15, 0.2) is 30.3 Å². The minimum Gasteiger partial charge on any atom is -0.482 e. The Kier molecular flexibility index (Phi) is 4.22. The maximum Gasteiger partial charge on any atom is 0.341 e. The third-order valence-electron chi connectivity index (χ3n) is 2.71. The van der Waals surface area contributed by atoms with Crippen molar-refractivity contribution < 1.29 is 19.4 Å². The Labute approximate surface area is 121 Å². The van der Waals surface area contributed by atoms with Crippen molar-refractivity contribution in [3.05, 3.63) is 41.7 Å². The Morgan fingerprint density at radius 2 is 2.00 bits per heavy atom. The zero-order valence-corrected chi connectivity index (χ0v) is 11.7. The van der Waals surface area contributed by atoms with Gasteiger partial charge in [0, 0.05) is 12.7 Å². The molecular formula is C14H15N3O4. The molecule has 0 radical (unpaired) electrons. The molecule has 1 aromatic heterocycles. The van der Waals surface area contributed by atoms with Gasteiger partial charge in [-0.05, 0) is 37.3 Å². The molecule has 0 unspecified atom stereocenters. The SMILES string of the molecule is Cc1cc(C(=O)Nc2ccc(OCC(=O)O)cc2)n(C)n1.